The fraction of sp³-hybridized carbons (Fsp3) is 0.500. The zero-order chi connectivity index (χ0) is 15.3. The molecule has 0 heterocycles. The number of carbonyl (C=O) groups is 2. The molecule has 0 saturated heterocycles. The molecule has 1 amide bonds. The van der Waals surface area contributed by atoms with Gasteiger partial charge in [-0.05, 0) is 38.3 Å². The Morgan fingerprint density at radius 2 is 1.95 bits per heavy atom. The Kier molecular flexibility index (Phi) is 4.83. The van der Waals surface area contributed by atoms with Gasteiger partial charge in [0.05, 0.1) is 25.0 Å². The predicted molar refractivity (Wildman–Crippen MR) is 78.3 cm³/mol. The van der Waals surface area contributed by atoms with Crippen LogP contribution >= 0.6 is 0 Å². The second-order valence-electron chi connectivity index (χ2n) is 5.66. The zero-order valence-electron chi connectivity index (χ0n) is 12.2. The lowest BCUT2D eigenvalue weighted by Crippen LogP contribution is -2.54. The molecule has 1 saturated carbocycles. The van der Waals surface area contributed by atoms with Crippen molar-refractivity contribution < 1.29 is 19.4 Å². The van der Waals surface area contributed by atoms with Crippen molar-refractivity contribution in [3.63, 3.8) is 0 Å². The third-order valence-electron chi connectivity index (χ3n) is 3.82. The first-order valence-corrected chi connectivity index (χ1v) is 7.21. The molecule has 2 rings (SSSR count). The van der Waals surface area contributed by atoms with Crippen LogP contribution in [-0.4, -0.2) is 29.1 Å². The molecule has 1 aliphatic carbocycles. The van der Waals surface area contributed by atoms with Crippen molar-refractivity contribution in [2.75, 3.05) is 6.61 Å². The number of carboxylic acids is 1. The third kappa shape index (κ3) is 4.48. The largest absolute Gasteiger partial charge is 0.493 e. The molecular weight excluding hydrogens is 270 g/mol. The molecule has 1 aliphatic rings. The molecule has 0 aromatic heterocycles. The molecule has 0 radical (unpaired) electrons. The SMILES string of the molecule is Cc1ccc(OCCC(=O)NC2(CC(=O)O)CCC2)cc1. The Bertz CT molecular complexity index is 506. The van der Waals surface area contributed by atoms with Crippen molar-refractivity contribution in [1.29, 1.82) is 0 Å². The summed E-state index contributed by atoms with van der Waals surface area (Å²) in [6.45, 7) is 2.29. The Labute approximate surface area is 124 Å². The van der Waals surface area contributed by atoms with Crippen molar-refractivity contribution in [2.24, 2.45) is 0 Å². The van der Waals surface area contributed by atoms with Crippen LogP contribution in [0.15, 0.2) is 24.3 Å². The fourth-order valence-electron chi connectivity index (χ4n) is 2.49. The van der Waals surface area contributed by atoms with E-state index in [0.717, 1.165) is 30.6 Å². The monoisotopic (exact) mass is 291 g/mol. The van der Waals surface area contributed by atoms with E-state index in [0.29, 0.717) is 0 Å². The van der Waals surface area contributed by atoms with Gasteiger partial charge in [-0.15, -0.1) is 0 Å². The maximum atomic E-state index is 11.9. The minimum Gasteiger partial charge on any atom is -0.493 e. The van der Waals surface area contributed by atoms with Crippen molar-refractivity contribution in [2.45, 2.75) is 44.6 Å². The van der Waals surface area contributed by atoms with Gasteiger partial charge in [0.15, 0.2) is 0 Å². The second kappa shape index (κ2) is 6.61. The molecule has 1 aromatic rings. The van der Waals surface area contributed by atoms with Gasteiger partial charge in [0.25, 0.3) is 0 Å². The van der Waals surface area contributed by atoms with E-state index < -0.39 is 11.5 Å². The fourth-order valence-corrected chi connectivity index (χ4v) is 2.49. The van der Waals surface area contributed by atoms with E-state index in [-0.39, 0.29) is 25.4 Å². The van der Waals surface area contributed by atoms with Crippen molar-refractivity contribution in [3.8, 4) is 5.75 Å². The van der Waals surface area contributed by atoms with Gasteiger partial charge in [-0.3, -0.25) is 9.59 Å². The third-order valence-corrected chi connectivity index (χ3v) is 3.82. The molecule has 114 valence electrons. The normalized spacial score (nSPS) is 15.9. The number of benzene rings is 1. The minimum absolute atomic E-state index is 0.00242. The highest BCUT2D eigenvalue weighted by molar-refractivity contribution is 5.78. The summed E-state index contributed by atoms with van der Waals surface area (Å²) in [5, 5.41) is 11.8. The van der Waals surface area contributed by atoms with Crippen LogP contribution in [0.1, 0.15) is 37.7 Å². The maximum absolute atomic E-state index is 11.9. The molecule has 5 heteroatoms. The molecule has 21 heavy (non-hydrogen) atoms. The van der Waals surface area contributed by atoms with Gasteiger partial charge in [-0.2, -0.15) is 0 Å². The zero-order valence-corrected chi connectivity index (χ0v) is 12.2. The van der Waals surface area contributed by atoms with Crippen LogP contribution in [0.25, 0.3) is 0 Å². The molecule has 0 spiro atoms. The average molecular weight is 291 g/mol. The Morgan fingerprint density at radius 1 is 1.29 bits per heavy atom. The van der Waals surface area contributed by atoms with Gasteiger partial charge in [0.2, 0.25) is 5.91 Å². The average Bonchev–Trinajstić information content (AvgIpc) is 2.38. The smallest absolute Gasteiger partial charge is 0.305 e. The van der Waals surface area contributed by atoms with E-state index in [9.17, 15) is 9.59 Å². The Morgan fingerprint density at radius 3 is 2.48 bits per heavy atom. The van der Waals surface area contributed by atoms with Crippen LogP contribution in [0.3, 0.4) is 0 Å². The number of hydrogen-bond donors (Lipinski definition) is 2. The molecule has 5 nitrogen and oxygen atoms in total. The number of carbonyl (C=O) groups excluding carboxylic acids is 1. The Hall–Kier alpha value is -2.04. The summed E-state index contributed by atoms with van der Waals surface area (Å²) in [5.74, 6) is -0.286. The number of rotatable bonds is 7. The van der Waals surface area contributed by atoms with E-state index >= 15 is 0 Å². The molecule has 0 bridgehead atoms. The number of hydrogen-bond acceptors (Lipinski definition) is 3. The number of ether oxygens (including phenoxy) is 1. The quantitative estimate of drug-likeness (QED) is 0.808. The van der Waals surface area contributed by atoms with Crippen LogP contribution in [0.5, 0.6) is 5.75 Å². The first-order valence-electron chi connectivity index (χ1n) is 7.21. The summed E-state index contributed by atoms with van der Waals surface area (Å²) >= 11 is 0. The molecule has 0 aliphatic heterocycles. The van der Waals surface area contributed by atoms with Gasteiger partial charge in [0.1, 0.15) is 5.75 Å². The van der Waals surface area contributed by atoms with Crippen LogP contribution in [0.2, 0.25) is 0 Å². The Balaban J connectivity index is 1.74. The van der Waals surface area contributed by atoms with E-state index in [1.54, 1.807) is 0 Å². The van der Waals surface area contributed by atoms with Gasteiger partial charge < -0.3 is 15.2 Å². The molecule has 1 fully saturated rings. The molecule has 2 N–H and O–H groups in total. The lowest BCUT2D eigenvalue weighted by atomic mass is 9.74. The van der Waals surface area contributed by atoms with Crippen LogP contribution < -0.4 is 10.1 Å². The summed E-state index contributed by atoms with van der Waals surface area (Å²) in [6, 6.07) is 7.63. The van der Waals surface area contributed by atoms with Crippen molar-refractivity contribution in [3.05, 3.63) is 29.8 Å². The first-order chi connectivity index (χ1) is 9.99. The van der Waals surface area contributed by atoms with E-state index in [1.165, 1.54) is 0 Å². The number of aliphatic carboxylic acids is 1. The lowest BCUT2D eigenvalue weighted by Gasteiger charge is -2.41. The maximum Gasteiger partial charge on any atom is 0.305 e. The van der Waals surface area contributed by atoms with Crippen molar-refractivity contribution in [1.82, 2.24) is 5.32 Å². The standard InChI is InChI=1S/C16H21NO4/c1-12-3-5-13(6-4-12)21-10-7-14(18)17-16(8-2-9-16)11-15(19)20/h3-6H,2,7-11H2,1H3,(H,17,18)(H,19,20). The molecule has 1 aromatic carbocycles. The van der Waals surface area contributed by atoms with Crippen LogP contribution in [0.4, 0.5) is 0 Å². The van der Waals surface area contributed by atoms with E-state index in [4.69, 9.17) is 9.84 Å². The summed E-state index contributed by atoms with van der Waals surface area (Å²) in [6.07, 6.45) is 2.67. The second-order valence-corrected chi connectivity index (χ2v) is 5.66. The molecular formula is C16H21NO4. The number of aryl methyl sites for hydroxylation is 1. The summed E-state index contributed by atoms with van der Waals surface area (Å²) < 4.78 is 5.50. The highest BCUT2D eigenvalue weighted by Gasteiger charge is 2.40. The molecule has 0 unspecified atom stereocenters. The topological polar surface area (TPSA) is 75.6 Å². The van der Waals surface area contributed by atoms with Gasteiger partial charge >= 0.3 is 5.97 Å². The summed E-state index contributed by atoms with van der Waals surface area (Å²) in [7, 11) is 0. The first kappa shape index (κ1) is 15.4. The van der Waals surface area contributed by atoms with Crippen molar-refractivity contribution >= 4 is 11.9 Å². The van der Waals surface area contributed by atoms with Gasteiger partial charge in [0, 0.05) is 0 Å². The van der Waals surface area contributed by atoms with Crippen LogP contribution in [0, 0.1) is 6.92 Å². The highest BCUT2D eigenvalue weighted by atomic mass is 16.5. The summed E-state index contributed by atoms with van der Waals surface area (Å²) in [4.78, 5) is 22.7. The highest BCUT2D eigenvalue weighted by Crippen LogP contribution is 2.34. The molecule has 0 atom stereocenters. The summed E-state index contributed by atoms with van der Waals surface area (Å²) in [5.41, 5.74) is 0.618. The number of carboxylic acid groups (broad SMARTS) is 1. The predicted octanol–water partition coefficient (Wildman–Crippen LogP) is 2.28. The number of nitrogens with one attached hydrogen (secondary N) is 1. The van der Waals surface area contributed by atoms with Gasteiger partial charge in [-0.25, -0.2) is 0 Å². The minimum atomic E-state index is -0.870. The number of amides is 1. The lowest BCUT2D eigenvalue weighted by molar-refractivity contribution is -0.140. The van der Waals surface area contributed by atoms with Crippen LogP contribution in [-0.2, 0) is 9.59 Å². The van der Waals surface area contributed by atoms with Gasteiger partial charge in [-0.1, -0.05) is 17.7 Å². The van der Waals surface area contributed by atoms with E-state index in [2.05, 4.69) is 5.32 Å². The van der Waals surface area contributed by atoms with E-state index in [1.807, 2.05) is 31.2 Å².